The topological polar surface area (TPSA) is 52.8 Å². The van der Waals surface area contributed by atoms with E-state index in [9.17, 15) is 5.11 Å². The van der Waals surface area contributed by atoms with Gasteiger partial charge in [-0.1, -0.05) is 83.2 Å². The SMILES string of the molecule is CCCCCCCCC(O)(C=NO)CCCCCC. The van der Waals surface area contributed by atoms with Crippen molar-refractivity contribution < 1.29 is 10.3 Å². The lowest BCUT2D eigenvalue weighted by Gasteiger charge is -2.23. The Kier molecular flexibility index (Phi) is 12.1. The third kappa shape index (κ3) is 11.0. The van der Waals surface area contributed by atoms with Gasteiger partial charge in [0.15, 0.2) is 0 Å². The van der Waals surface area contributed by atoms with Gasteiger partial charge in [0, 0.05) is 0 Å². The zero-order chi connectivity index (χ0) is 14.4. The average Bonchev–Trinajstić information content (AvgIpc) is 2.39. The molecule has 0 rings (SSSR count). The lowest BCUT2D eigenvalue weighted by Crippen LogP contribution is -2.30. The number of hydrogen-bond acceptors (Lipinski definition) is 3. The summed E-state index contributed by atoms with van der Waals surface area (Å²) in [7, 11) is 0. The van der Waals surface area contributed by atoms with Crippen molar-refractivity contribution in [2.75, 3.05) is 0 Å². The Hall–Kier alpha value is -0.570. The lowest BCUT2D eigenvalue weighted by molar-refractivity contribution is 0.0881. The summed E-state index contributed by atoms with van der Waals surface area (Å²) in [5.74, 6) is 0. The van der Waals surface area contributed by atoms with E-state index in [1.165, 1.54) is 44.7 Å². The van der Waals surface area contributed by atoms with Gasteiger partial charge in [-0.15, -0.1) is 0 Å². The van der Waals surface area contributed by atoms with E-state index in [0.717, 1.165) is 32.1 Å². The van der Waals surface area contributed by atoms with E-state index in [4.69, 9.17) is 5.21 Å². The Labute approximate surface area is 119 Å². The molecule has 0 bridgehead atoms. The minimum absolute atomic E-state index is 0.714. The highest BCUT2D eigenvalue weighted by molar-refractivity contribution is 5.67. The second-order valence-corrected chi connectivity index (χ2v) is 5.68. The normalized spacial score (nSPS) is 14.9. The fraction of sp³-hybridized carbons (Fsp3) is 0.938. The van der Waals surface area contributed by atoms with Gasteiger partial charge in [0.05, 0.1) is 6.21 Å². The van der Waals surface area contributed by atoms with Crippen LogP contribution >= 0.6 is 0 Å². The summed E-state index contributed by atoms with van der Waals surface area (Å²) in [6.07, 6.45) is 14.6. The zero-order valence-corrected chi connectivity index (χ0v) is 12.9. The Bertz CT molecular complexity index is 219. The van der Waals surface area contributed by atoms with Crippen LogP contribution in [-0.4, -0.2) is 22.1 Å². The molecule has 0 saturated carbocycles. The molecular formula is C16H33NO2. The van der Waals surface area contributed by atoms with Crippen LogP contribution in [-0.2, 0) is 0 Å². The minimum atomic E-state index is -0.896. The number of aliphatic hydroxyl groups is 1. The van der Waals surface area contributed by atoms with Crippen LogP contribution in [0.25, 0.3) is 0 Å². The predicted octanol–water partition coefficient (Wildman–Crippen LogP) is 4.90. The van der Waals surface area contributed by atoms with Crippen molar-refractivity contribution in [3.63, 3.8) is 0 Å². The summed E-state index contributed by atoms with van der Waals surface area (Å²) in [4.78, 5) is 0. The first-order valence-electron chi connectivity index (χ1n) is 8.09. The van der Waals surface area contributed by atoms with Gasteiger partial charge in [-0.3, -0.25) is 0 Å². The third-order valence-electron chi connectivity index (χ3n) is 3.72. The molecule has 1 atom stereocenters. The molecule has 2 N–H and O–H groups in total. The molecule has 0 amide bonds. The van der Waals surface area contributed by atoms with Gasteiger partial charge in [0.1, 0.15) is 5.60 Å². The molecule has 0 heterocycles. The van der Waals surface area contributed by atoms with Gasteiger partial charge >= 0.3 is 0 Å². The predicted molar refractivity (Wildman–Crippen MR) is 82.0 cm³/mol. The summed E-state index contributed by atoms with van der Waals surface area (Å²) in [5.41, 5.74) is -0.896. The Morgan fingerprint density at radius 3 is 1.68 bits per heavy atom. The van der Waals surface area contributed by atoms with E-state index < -0.39 is 5.60 Å². The van der Waals surface area contributed by atoms with Crippen molar-refractivity contribution >= 4 is 6.21 Å². The molecule has 3 heteroatoms. The first-order valence-corrected chi connectivity index (χ1v) is 8.09. The second-order valence-electron chi connectivity index (χ2n) is 5.68. The summed E-state index contributed by atoms with van der Waals surface area (Å²) >= 11 is 0. The maximum atomic E-state index is 10.4. The highest BCUT2D eigenvalue weighted by Gasteiger charge is 2.23. The van der Waals surface area contributed by atoms with Gasteiger partial charge in [0.2, 0.25) is 0 Å². The highest BCUT2D eigenvalue weighted by Crippen LogP contribution is 2.21. The standard InChI is InChI=1S/C16H33NO2/c1-3-5-7-9-10-12-14-16(18,15-17-19)13-11-8-6-4-2/h15,18-19H,3-14H2,1-2H3. The van der Waals surface area contributed by atoms with Crippen molar-refractivity contribution in [1.29, 1.82) is 0 Å². The van der Waals surface area contributed by atoms with Crippen LogP contribution in [0.1, 0.15) is 90.9 Å². The molecule has 0 aliphatic carbocycles. The molecular weight excluding hydrogens is 238 g/mol. The smallest absolute Gasteiger partial charge is 0.103 e. The molecule has 0 spiro atoms. The van der Waals surface area contributed by atoms with Gasteiger partial charge < -0.3 is 10.3 Å². The van der Waals surface area contributed by atoms with E-state index in [1.807, 2.05) is 0 Å². The average molecular weight is 271 g/mol. The Morgan fingerprint density at radius 1 is 0.789 bits per heavy atom. The number of nitrogens with zero attached hydrogens (tertiary/aromatic N) is 1. The monoisotopic (exact) mass is 271 g/mol. The highest BCUT2D eigenvalue weighted by atomic mass is 16.4. The molecule has 0 aliphatic heterocycles. The number of rotatable bonds is 13. The van der Waals surface area contributed by atoms with E-state index in [1.54, 1.807) is 0 Å². The van der Waals surface area contributed by atoms with Crippen molar-refractivity contribution in [2.24, 2.45) is 5.16 Å². The van der Waals surface area contributed by atoms with Crippen molar-refractivity contribution in [3.05, 3.63) is 0 Å². The lowest BCUT2D eigenvalue weighted by atomic mass is 9.91. The van der Waals surface area contributed by atoms with E-state index in [0.29, 0.717) is 6.42 Å². The van der Waals surface area contributed by atoms with Gasteiger partial charge in [-0.2, -0.15) is 0 Å². The first-order chi connectivity index (χ1) is 9.18. The van der Waals surface area contributed by atoms with E-state index >= 15 is 0 Å². The van der Waals surface area contributed by atoms with Crippen LogP contribution in [0.5, 0.6) is 0 Å². The summed E-state index contributed by atoms with van der Waals surface area (Å²) in [5, 5.41) is 22.2. The molecule has 0 aliphatic rings. The van der Waals surface area contributed by atoms with Crippen LogP contribution in [0.3, 0.4) is 0 Å². The molecule has 0 aromatic heterocycles. The summed E-state index contributed by atoms with van der Waals surface area (Å²) < 4.78 is 0. The van der Waals surface area contributed by atoms with Crippen LogP contribution in [0, 0.1) is 0 Å². The molecule has 0 saturated heterocycles. The largest absolute Gasteiger partial charge is 0.411 e. The van der Waals surface area contributed by atoms with Crippen molar-refractivity contribution in [1.82, 2.24) is 0 Å². The summed E-state index contributed by atoms with van der Waals surface area (Å²) in [6, 6.07) is 0. The number of oxime groups is 1. The second kappa shape index (κ2) is 12.5. The molecule has 114 valence electrons. The van der Waals surface area contributed by atoms with E-state index in [2.05, 4.69) is 19.0 Å². The summed E-state index contributed by atoms with van der Waals surface area (Å²) in [6.45, 7) is 4.39. The molecule has 0 aromatic rings. The fourth-order valence-electron chi connectivity index (χ4n) is 2.43. The van der Waals surface area contributed by atoms with Gasteiger partial charge in [-0.05, 0) is 12.8 Å². The zero-order valence-electron chi connectivity index (χ0n) is 12.9. The van der Waals surface area contributed by atoms with Crippen molar-refractivity contribution in [3.8, 4) is 0 Å². The molecule has 0 radical (unpaired) electrons. The minimum Gasteiger partial charge on any atom is -0.411 e. The Balaban J connectivity index is 3.81. The molecule has 19 heavy (non-hydrogen) atoms. The van der Waals surface area contributed by atoms with Crippen LogP contribution in [0.4, 0.5) is 0 Å². The van der Waals surface area contributed by atoms with E-state index in [-0.39, 0.29) is 0 Å². The first kappa shape index (κ1) is 18.4. The molecule has 3 nitrogen and oxygen atoms in total. The number of unbranched alkanes of at least 4 members (excludes halogenated alkanes) is 8. The third-order valence-corrected chi connectivity index (χ3v) is 3.72. The maximum absolute atomic E-state index is 10.4. The van der Waals surface area contributed by atoms with Crippen molar-refractivity contribution in [2.45, 2.75) is 96.5 Å². The molecule has 0 fully saturated rings. The van der Waals surface area contributed by atoms with Crippen LogP contribution < -0.4 is 0 Å². The maximum Gasteiger partial charge on any atom is 0.103 e. The Morgan fingerprint density at radius 2 is 1.21 bits per heavy atom. The van der Waals surface area contributed by atoms with Crippen LogP contribution in [0.2, 0.25) is 0 Å². The molecule has 0 aromatic carbocycles. The quantitative estimate of drug-likeness (QED) is 0.217. The molecule has 1 unspecified atom stereocenters. The number of hydrogen-bond donors (Lipinski definition) is 2. The fourth-order valence-corrected chi connectivity index (χ4v) is 2.43. The van der Waals surface area contributed by atoms with Crippen LogP contribution in [0.15, 0.2) is 5.16 Å². The van der Waals surface area contributed by atoms with Gasteiger partial charge in [-0.25, -0.2) is 0 Å². The van der Waals surface area contributed by atoms with Gasteiger partial charge in [0.25, 0.3) is 0 Å².